The van der Waals surface area contributed by atoms with Gasteiger partial charge in [-0.25, -0.2) is 4.98 Å². The Hall–Kier alpha value is -2.56. The number of nitrogens with one attached hydrogen (secondary N) is 1. The first-order valence-corrected chi connectivity index (χ1v) is 6.89. The average molecular weight is 283 g/mol. The van der Waals surface area contributed by atoms with E-state index in [4.69, 9.17) is 4.42 Å². The van der Waals surface area contributed by atoms with Crippen molar-refractivity contribution in [3.8, 4) is 0 Å². The van der Waals surface area contributed by atoms with Gasteiger partial charge in [0.1, 0.15) is 5.82 Å². The van der Waals surface area contributed by atoms with Gasteiger partial charge in [0.15, 0.2) is 5.76 Å². The number of nitrogens with zero attached hydrogens (tertiary/aromatic N) is 2. The number of hydrogen-bond acceptors (Lipinski definition) is 3. The Morgan fingerprint density at radius 1 is 1.38 bits per heavy atom. The van der Waals surface area contributed by atoms with Crippen LogP contribution in [0.5, 0.6) is 0 Å². The number of amides is 1. The molecule has 0 fully saturated rings. The molecule has 0 bridgehead atoms. The Morgan fingerprint density at radius 2 is 2.24 bits per heavy atom. The van der Waals surface area contributed by atoms with Gasteiger partial charge in [0.2, 0.25) is 0 Å². The molecule has 1 amide bonds. The molecule has 3 rings (SSSR count). The van der Waals surface area contributed by atoms with E-state index in [9.17, 15) is 4.79 Å². The van der Waals surface area contributed by atoms with Gasteiger partial charge in [0, 0.05) is 13.6 Å². The first-order chi connectivity index (χ1) is 10.1. The van der Waals surface area contributed by atoms with Crippen molar-refractivity contribution in [3.05, 3.63) is 53.7 Å². The molecule has 0 saturated carbocycles. The highest BCUT2D eigenvalue weighted by Crippen LogP contribution is 2.16. The Morgan fingerprint density at radius 3 is 3.00 bits per heavy atom. The molecular formula is C16H17N3O2. The molecule has 21 heavy (non-hydrogen) atoms. The second kappa shape index (κ2) is 5.44. The quantitative estimate of drug-likeness (QED) is 0.800. The second-order valence-corrected chi connectivity index (χ2v) is 5.02. The predicted octanol–water partition coefficient (Wildman–Crippen LogP) is 2.45. The van der Waals surface area contributed by atoms with E-state index in [1.165, 1.54) is 6.26 Å². The van der Waals surface area contributed by atoms with E-state index < -0.39 is 0 Å². The minimum atomic E-state index is -0.185. The Labute approximate surface area is 122 Å². The zero-order chi connectivity index (χ0) is 14.8. The summed E-state index contributed by atoms with van der Waals surface area (Å²) in [6, 6.07) is 9.56. The van der Waals surface area contributed by atoms with Crippen LogP contribution in [0.3, 0.4) is 0 Å². The number of imidazole rings is 1. The number of hydrogen-bond donors (Lipinski definition) is 1. The molecular weight excluding hydrogens is 266 g/mol. The molecule has 1 aromatic carbocycles. The van der Waals surface area contributed by atoms with Crippen molar-refractivity contribution in [3.63, 3.8) is 0 Å². The van der Waals surface area contributed by atoms with E-state index in [2.05, 4.69) is 33.1 Å². The molecule has 3 aromatic rings. The van der Waals surface area contributed by atoms with Crippen LogP contribution in [0.2, 0.25) is 0 Å². The summed E-state index contributed by atoms with van der Waals surface area (Å²) in [5, 5.41) is 2.84. The smallest absolute Gasteiger partial charge is 0.286 e. The fourth-order valence-corrected chi connectivity index (χ4v) is 2.34. The average Bonchev–Trinajstić information content (AvgIpc) is 3.09. The highest BCUT2D eigenvalue weighted by molar-refractivity contribution is 5.91. The van der Waals surface area contributed by atoms with E-state index in [0.717, 1.165) is 28.8 Å². The zero-order valence-corrected chi connectivity index (χ0v) is 12.1. The van der Waals surface area contributed by atoms with Crippen molar-refractivity contribution in [1.29, 1.82) is 0 Å². The summed E-state index contributed by atoms with van der Waals surface area (Å²) in [6.07, 6.45) is 2.25. The van der Waals surface area contributed by atoms with Crippen molar-refractivity contribution in [2.45, 2.75) is 13.3 Å². The summed E-state index contributed by atoms with van der Waals surface area (Å²) in [5.74, 6) is 1.15. The third-order valence-electron chi connectivity index (χ3n) is 3.61. The van der Waals surface area contributed by atoms with Crippen LogP contribution >= 0.6 is 0 Å². The number of furan rings is 1. The van der Waals surface area contributed by atoms with Gasteiger partial charge in [0.25, 0.3) is 5.91 Å². The summed E-state index contributed by atoms with van der Waals surface area (Å²) in [7, 11) is 2.01. The van der Waals surface area contributed by atoms with Crippen LogP contribution in [0.15, 0.2) is 41.0 Å². The third-order valence-corrected chi connectivity index (χ3v) is 3.61. The largest absolute Gasteiger partial charge is 0.459 e. The van der Waals surface area contributed by atoms with Gasteiger partial charge in [-0.05, 0) is 43.2 Å². The lowest BCUT2D eigenvalue weighted by molar-refractivity contribution is 0.0926. The van der Waals surface area contributed by atoms with Gasteiger partial charge in [-0.1, -0.05) is 6.07 Å². The van der Waals surface area contributed by atoms with Gasteiger partial charge >= 0.3 is 0 Å². The van der Waals surface area contributed by atoms with Crippen LogP contribution < -0.4 is 5.32 Å². The van der Waals surface area contributed by atoms with Crippen LogP contribution in [-0.2, 0) is 13.5 Å². The number of carbonyl (C=O) groups is 1. The highest BCUT2D eigenvalue weighted by Gasteiger charge is 2.08. The van der Waals surface area contributed by atoms with Crippen molar-refractivity contribution >= 4 is 16.9 Å². The van der Waals surface area contributed by atoms with Gasteiger partial charge < -0.3 is 14.3 Å². The number of benzene rings is 1. The molecule has 2 aromatic heterocycles. The Kier molecular flexibility index (Phi) is 3.48. The lowest BCUT2D eigenvalue weighted by atomic mass is 10.1. The standard InChI is InChI=1S/C16H17N3O2/c1-11-18-13-10-12(5-6-14(13)19(11)2)7-8-17-16(20)15-4-3-9-21-15/h3-6,9-10H,7-8H2,1-2H3,(H,17,20). The van der Waals surface area contributed by atoms with Crippen molar-refractivity contribution in [1.82, 2.24) is 14.9 Å². The lowest BCUT2D eigenvalue weighted by Gasteiger charge is -2.04. The van der Waals surface area contributed by atoms with E-state index in [-0.39, 0.29) is 5.91 Å². The molecule has 0 atom stereocenters. The number of aromatic nitrogens is 2. The monoisotopic (exact) mass is 283 g/mol. The summed E-state index contributed by atoms with van der Waals surface area (Å²) in [5.41, 5.74) is 3.26. The van der Waals surface area contributed by atoms with Crippen LogP contribution in [0.25, 0.3) is 11.0 Å². The Bertz CT molecular complexity index is 772. The SMILES string of the molecule is Cc1nc2cc(CCNC(=O)c3ccco3)ccc2n1C. The third kappa shape index (κ3) is 2.67. The molecule has 0 aliphatic carbocycles. The molecule has 0 saturated heterocycles. The van der Waals surface area contributed by atoms with Crippen LogP contribution in [0.4, 0.5) is 0 Å². The summed E-state index contributed by atoms with van der Waals surface area (Å²) in [4.78, 5) is 16.3. The number of carbonyl (C=O) groups excluding carboxylic acids is 1. The van der Waals surface area contributed by atoms with Gasteiger partial charge in [0.05, 0.1) is 17.3 Å². The molecule has 1 N–H and O–H groups in total. The molecule has 0 radical (unpaired) electrons. The summed E-state index contributed by atoms with van der Waals surface area (Å²) >= 11 is 0. The van der Waals surface area contributed by atoms with Crippen molar-refractivity contribution in [2.75, 3.05) is 6.54 Å². The van der Waals surface area contributed by atoms with E-state index in [1.54, 1.807) is 12.1 Å². The molecule has 0 aliphatic heterocycles. The van der Waals surface area contributed by atoms with Crippen LogP contribution in [0, 0.1) is 6.92 Å². The first-order valence-electron chi connectivity index (χ1n) is 6.89. The molecule has 0 aliphatic rings. The van der Waals surface area contributed by atoms with E-state index >= 15 is 0 Å². The zero-order valence-electron chi connectivity index (χ0n) is 12.1. The molecule has 5 nitrogen and oxygen atoms in total. The topological polar surface area (TPSA) is 60.1 Å². The van der Waals surface area contributed by atoms with Gasteiger partial charge in [-0.2, -0.15) is 0 Å². The summed E-state index contributed by atoms with van der Waals surface area (Å²) in [6.45, 7) is 2.56. The minimum absolute atomic E-state index is 0.185. The normalized spacial score (nSPS) is 11.0. The van der Waals surface area contributed by atoms with Crippen molar-refractivity contribution in [2.24, 2.45) is 7.05 Å². The van der Waals surface area contributed by atoms with Crippen LogP contribution in [-0.4, -0.2) is 22.0 Å². The maximum atomic E-state index is 11.7. The molecule has 5 heteroatoms. The maximum Gasteiger partial charge on any atom is 0.286 e. The minimum Gasteiger partial charge on any atom is -0.459 e. The first kappa shape index (κ1) is 13.4. The fraction of sp³-hybridized carbons (Fsp3) is 0.250. The fourth-order valence-electron chi connectivity index (χ4n) is 2.34. The van der Waals surface area contributed by atoms with E-state index in [1.807, 2.05) is 14.0 Å². The lowest BCUT2D eigenvalue weighted by Crippen LogP contribution is -2.25. The highest BCUT2D eigenvalue weighted by atomic mass is 16.3. The maximum absolute atomic E-state index is 11.7. The molecule has 2 heterocycles. The number of fused-ring (bicyclic) bond motifs is 1. The number of aryl methyl sites for hydroxylation is 2. The van der Waals surface area contributed by atoms with Gasteiger partial charge in [-0.15, -0.1) is 0 Å². The summed E-state index contributed by atoms with van der Waals surface area (Å²) < 4.78 is 7.11. The second-order valence-electron chi connectivity index (χ2n) is 5.02. The molecule has 108 valence electrons. The van der Waals surface area contributed by atoms with Gasteiger partial charge in [-0.3, -0.25) is 4.79 Å². The molecule has 0 unspecified atom stereocenters. The Balaban J connectivity index is 1.64. The number of rotatable bonds is 4. The van der Waals surface area contributed by atoms with E-state index in [0.29, 0.717) is 12.3 Å². The van der Waals surface area contributed by atoms with Crippen LogP contribution in [0.1, 0.15) is 21.9 Å². The van der Waals surface area contributed by atoms with Crippen molar-refractivity contribution < 1.29 is 9.21 Å². The predicted molar refractivity (Wildman–Crippen MR) is 80.2 cm³/mol. The molecule has 0 spiro atoms.